The van der Waals surface area contributed by atoms with E-state index in [9.17, 15) is 0 Å². The smallest absolute Gasteiger partial charge is 0.134 e. The molecule has 0 amide bonds. The third-order valence-corrected chi connectivity index (χ3v) is 3.78. The molecule has 0 saturated heterocycles. The Morgan fingerprint density at radius 1 is 1.30 bits per heavy atom. The van der Waals surface area contributed by atoms with E-state index in [1.54, 1.807) is 0 Å². The molecule has 3 nitrogen and oxygen atoms in total. The van der Waals surface area contributed by atoms with Gasteiger partial charge in [0.15, 0.2) is 0 Å². The van der Waals surface area contributed by atoms with E-state index < -0.39 is 0 Å². The average molecular weight is 331 g/mol. The van der Waals surface area contributed by atoms with Crippen LogP contribution in [0.5, 0.6) is 0 Å². The van der Waals surface area contributed by atoms with Crippen LogP contribution in [-0.4, -0.2) is 12.0 Å². The van der Waals surface area contributed by atoms with Gasteiger partial charge in [-0.3, -0.25) is 0 Å². The number of para-hydroxylation sites is 1. The van der Waals surface area contributed by atoms with Crippen LogP contribution in [0.1, 0.15) is 11.1 Å². The van der Waals surface area contributed by atoms with Gasteiger partial charge in [0.1, 0.15) is 11.4 Å². The topological polar surface area (TPSA) is 29.3 Å². The monoisotopic (exact) mass is 330 g/mol. The molecule has 3 rings (SSSR count). The lowest BCUT2D eigenvalue weighted by molar-refractivity contribution is 0.609. The van der Waals surface area contributed by atoms with Gasteiger partial charge in [-0.25, -0.2) is 4.98 Å². The molecule has 0 N–H and O–H groups in total. The Hall–Kier alpha value is -1.81. The van der Waals surface area contributed by atoms with Gasteiger partial charge < -0.3 is 9.32 Å². The molecule has 0 aliphatic rings. The molecule has 0 aliphatic carbocycles. The Balaban J connectivity index is 1.90. The lowest BCUT2D eigenvalue weighted by Crippen LogP contribution is -2.18. The van der Waals surface area contributed by atoms with Gasteiger partial charge in [0.2, 0.25) is 0 Å². The fourth-order valence-corrected chi connectivity index (χ4v) is 2.86. The maximum atomic E-state index is 5.58. The number of halogens is 1. The maximum Gasteiger partial charge on any atom is 0.134 e. The number of hydrogen-bond donors (Lipinski definition) is 0. The molecule has 3 aromatic rings. The summed E-state index contributed by atoms with van der Waals surface area (Å²) in [4.78, 5) is 6.62. The second kappa shape index (κ2) is 5.29. The van der Waals surface area contributed by atoms with Crippen LogP contribution in [0.25, 0.3) is 11.0 Å². The molecule has 0 unspecified atom stereocenters. The molecular formula is C16H15BrN2O. The average Bonchev–Trinajstić information content (AvgIpc) is 2.82. The Morgan fingerprint density at radius 3 is 2.90 bits per heavy atom. The zero-order chi connectivity index (χ0) is 14.1. The van der Waals surface area contributed by atoms with E-state index in [1.807, 2.05) is 37.7 Å². The number of aryl methyl sites for hydroxylation is 1. The summed E-state index contributed by atoms with van der Waals surface area (Å²) in [6, 6.07) is 10.2. The second-order valence-electron chi connectivity index (χ2n) is 4.91. The van der Waals surface area contributed by atoms with Crippen LogP contribution < -0.4 is 4.90 Å². The summed E-state index contributed by atoms with van der Waals surface area (Å²) in [6.45, 7) is 2.84. The maximum absolute atomic E-state index is 5.58. The van der Waals surface area contributed by atoms with Crippen LogP contribution in [0, 0.1) is 6.92 Å². The summed E-state index contributed by atoms with van der Waals surface area (Å²) in [7, 11) is 2.05. The summed E-state index contributed by atoms with van der Waals surface area (Å²) in [5.74, 6) is 0.985. The predicted molar refractivity (Wildman–Crippen MR) is 85.0 cm³/mol. The van der Waals surface area contributed by atoms with Crippen LogP contribution >= 0.6 is 15.9 Å². The number of hydrogen-bond acceptors (Lipinski definition) is 3. The highest BCUT2D eigenvalue weighted by molar-refractivity contribution is 9.10. The largest absolute Gasteiger partial charge is 0.464 e. The van der Waals surface area contributed by atoms with Crippen molar-refractivity contribution in [2.24, 2.45) is 0 Å². The van der Waals surface area contributed by atoms with Crippen LogP contribution in [0.4, 0.5) is 5.82 Å². The SMILES string of the molecule is Cc1cc(Br)cnc1N(C)Cc1coc2ccccc12. The van der Waals surface area contributed by atoms with Crippen LogP contribution in [0.2, 0.25) is 0 Å². The highest BCUT2D eigenvalue weighted by Gasteiger charge is 2.11. The van der Waals surface area contributed by atoms with Crippen molar-refractivity contribution in [1.82, 2.24) is 4.98 Å². The van der Waals surface area contributed by atoms with Gasteiger partial charge in [-0.1, -0.05) is 18.2 Å². The molecular weight excluding hydrogens is 316 g/mol. The first-order chi connectivity index (χ1) is 9.65. The van der Waals surface area contributed by atoms with Gasteiger partial charge in [0.25, 0.3) is 0 Å². The fraction of sp³-hybridized carbons (Fsp3) is 0.188. The van der Waals surface area contributed by atoms with Crippen molar-refractivity contribution in [3.05, 3.63) is 58.4 Å². The molecule has 0 bridgehead atoms. The van der Waals surface area contributed by atoms with E-state index >= 15 is 0 Å². The van der Waals surface area contributed by atoms with Crippen molar-refractivity contribution < 1.29 is 4.42 Å². The van der Waals surface area contributed by atoms with Crippen LogP contribution in [-0.2, 0) is 6.54 Å². The first kappa shape index (κ1) is 13.2. The Labute approximate surface area is 126 Å². The summed E-state index contributed by atoms with van der Waals surface area (Å²) < 4.78 is 6.58. The molecule has 0 fully saturated rings. The minimum atomic E-state index is 0.770. The van der Waals surface area contributed by atoms with Gasteiger partial charge in [-0.05, 0) is 40.5 Å². The minimum absolute atomic E-state index is 0.770. The zero-order valence-electron chi connectivity index (χ0n) is 11.4. The number of nitrogens with zero attached hydrogens (tertiary/aromatic N) is 2. The number of benzene rings is 1. The zero-order valence-corrected chi connectivity index (χ0v) is 13.0. The standard InChI is InChI=1S/C16H15BrN2O/c1-11-7-13(17)8-18-16(11)19(2)9-12-10-20-15-6-4-3-5-14(12)15/h3-8,10H,9H2,1-2H3. The van der Waals surface area contributed by atoms with E-state index in [0.717, 1.165) is 33.4 Å². The summed E-state index contributed by atoms with van der Waals surface area (Å²) in [6.07, 6.45) is 3.65. The third-order valence-electron chi connectivity index (χ3n) is 3.35. The molecule has 0 saturated carbocycles. The number of pyridine rings is 1. The number of anilines is 1. The molecule has 0 radical (unpaired) electrons. The van der Waals surface area contributed by atoms with Crippen molar-refractivity contribution in [3.63, 3.8) is 0 Å². The van der Waals surface area contributed by atoms with E-state index in [-0.39, 0.29) is 0 Å². The molecule has 0 atom stereocenters. The Kier molecular flexibility index (Phi) is 3.49. The second-order valence-corrected chi connectivity index (χ2v) is 5.82. The predicted octanol–water partition coefficient (Wildman–Crippen LogP) is 4.54. The number of furan rings is 1. The van der Waals surface area contributed by atoms with Crippen molar-refractivity contribution >= 4 is 32.7 Å². The molecule has 0 spiro atoms. The lowest BCUT2D eigenvalue weighted by atomic mass is 10.1. The van der Waals surface area contributed by atoms with Gasteiger partial charge in [0.05, 0.1) is 6.26 Å². The van der Waals surface area contributed by atoms with Crippen LogP contribution in [0.15, 0.2) is 51.7 Å². The third kappa shape index (κ3) is 2.43. The van der Waals surface area contributed by atoms with Crippen molar-refractivity contribution in [2.45, 2.75) is 13.5 Å². The summed E-state index contributed by atoms with van der Waals surface area (Å²) in [5.41, 5.74) is 3.25. The quantitative estimate of drug-likeness (QED) is 0.706. The fourth-order valence-electron chi connectivity index (χ4n) is 2.42. The van der Waals surface area contributed by atoms with Crippen molar-refractivity contribution in [2.75, 3.05) is 11.9 Å². The lowest BCUT2D eigenvalue weighted by Gasteiger charge is -2.19. The number of rotatable bonds is 3. The Bertz CT molecular complexity index is 751. The first-order valence-electron chi connectivity index (χ1n) is 6.43. The van der Waals surface area contributed by atoms with E-state index in [4.69, 9.17) is 4.42 Å². The normalized spacial score (nSPS) is 10.9. The summed E-state index contributed by atoms with van der Waals surface area (Å²) in [5, 5.41) is 1.16. The van der Waals surface area contributed by atoms with Gasteiger partial charge in [-0.15, -0.1) is 0 Å². The Morgan fingerprint density at radius 2 is 2.10 bits per heavy atom. The van der Waals surface area contributed by atoms with Gasteiger partial charge in [0, 0.05) is 35.2 Å². The minimum Gasteiger partial charge on any atom is -0.464 e. The van der Waals surface area contributed by atoms with E-state index in [2.05, 4.69) is 44.9 Å². The van der Waals surface area contributed by atoms with E-state index in [0.29, 0.717) is 0 Å². The molecule has 1 aromatic carbocycles. The highest BCUT2D eigenvalue weighted by atomic mass is 79.9. The van der Waals surface area contributed by atoms with E-state index in [1.165, 1.54) is 5.56 Å². The number of aromatic nitrogens is 1. The van der Waals surface area contributed by atoms with Gasteiger partial charge >= 0.3 is 0 Å². The highest BCUT2D eigenvalue weighted by Crippen LogP contribution is 2.25. The molecule has 2 aromatic heterocycles. The van der Waals surface area contributed by atoms with Crippen LogP contribution in [0.3, 0.4) is 0 Å². The molecule has 4 heteroatoms. The van der Waals surface area contributed by atoms with Gasteiger partial charge in [-0.2, -0.15) is 0 Å². The molecule has 2 heterocycles. The number of fused-ring (bicyclic) bond motifs is 1. The van der Waals surface area contributed by atoms with Crippen molar-refractivity contribution in [3.8, 4) is 0 Å². The van der Waals surface area contributed by atoms with Crippen molar-refractivity contribution in [1.29, 1.82) is 0 Å². The molecule has 102 valence electrons. The summed E-state index contributed by atoms with van der Waals surface area (Å²) >= 11 is 3.44. The molecule has 0 aliphatic heterocycles. The first-order valence-corrected chi connectivity index (χ1v) is 7.23. The molecule has 20 heavy (non-hydrogen) atoms.